The minimum atomic E-state index is 0.420. The molecule has 0 amide bonds. The Morgan fingerprint density at radius 1 is 1.38 bits per heavy atom. The zero-order valence-electron chi connectivity index (χ0n) is 12.9. The Labute approximate surface area is 125 Å². The predicted molar refractivity (Wildman–Crippen MR) is 84.8 cm³/mol. The van der Waals surface area contributed by atoms with Crippen LogP contribution in [0.15, 0.2) is 24.4 Å². The number of ether oxygens (including phenoxy) is 1. The molecule has 0 spiro atoms. The normalized spacial score (nSPS) is 19.3. The zero-order chi connectivity index (χ0) is 14.7. The molecule has 1 atom stereocenters. The van der Waals surface area contributed by atoms with Gasteiger partial charge in [-0.3, -0.25) is 0 Å². The number of nitrogens with one attached hydrogen (secondary N) is 1. The third kappa shape index (κ3) is 2.76. The van der Waals surface area contributed by atoms with Crippen LogP contribution >= 0.6 is 0 Å². The first kappa shape index (κ1) is 14.4. The van der Waals surface area contributed by atoms with E-state index in [1.165, 1.54) is 5.69 Å². The monoisotopic (exact) mass is 288 g/mol. The molecule has 21 heavy (non-hydrogen) atoms. The number of imidazole rings is 1. The SMILES string of the molecule is CCNCc1c(N2CCOCC2CC)nc2ccccn12. The molecule has 1 saturated heterocycles. The lowest BCUT2D eigenvalue weighted by Crippen LogP contribution is -2.46. The van der Waals surface area contributed by atoms with Gasteiger partial charge in [0.15, 0.2) is 5.82 Å². The largest absolute Gasteiger partial charge is 0.377 e. The van der Waals surface area contributed by atoms with E-state index in [9.17, 15) is 0 Å². The fourth-order valence-corrected chi connectivity index (χ4v) is 2.94. The van der Waals surface area contributed by atoms with Crippen molar-refractivity contribution in [1.29, 1.82) is 0 Å². The average molecular weight is 288 g/mol. The average Bonchev–Trinajstić information content (AvgIpc) is 2.91. The number of hydrogen-bond acceptors (Lipinski definition) is 4. The van der Waals surface area contributed by atoms with E-state index in [4.69, 9.17) is 9.72 Å². The van der Waals surface area contributed by atoms with Gasteiger partial charge in [0, 0.05) is 19.3 Å². The summed E-state index contributed by atoms with van der Waals surface area (Å²) in [4.78, 5) is 7.30. The van der Waals surface area contributed by atoms with Gasteiger partial charge >= 0.3 is 0 Å². The smallest absolute Gasteiger partial charge is 0.152 e. The molecule has 1 aliphatic rings. The van der Waals surface area contributed by atoms with Crippen molar-refractivity contribution in [2.24, 2.45) is 0 Å². The van der Waals surface area contributed by atoms with E-state index in [0.29, 0.717) is 6.04 Å². The van der Waals surface area contributed by atoms with E-state index in [0.717, 1.165) is 50.7 Å². The molecular weight excluding hydrogens is 264 g/mol. The lowest BCUT2D eigenvalue weighted by molar-refractivity contribution is 0.0925. The first-order valence-electron chi connectivity index (χ1n) is 7.86. The second kappa shape index (κ2) is 6.45. The maximum Gasteiger partial charge on any atom is 0.152 e. The Hall–Kier alpha value is -1.59. The lowest BCUT2D eigenvalue weighted by Gasteiger charge is -2.36. The molecular formula is C16H24N4O. The van der Waals surface area contributed by atoms with Crippen molar-refractivity contribution in [1.82, 2.24) is 14.7 Å². The van der Waals surface area contributed by atoms with Crippen LogP contribution in [0.2, 0.25) is 0 Å². The minimum absolute atomic E-state index is 0.420. The second-order valence-electron chi connectivity index (χ2n) is 5.42. The molecule has 3 rings (SSSR count). The van der Waals surface area contributed by atoms with Gasteiger partial charge in [0.05, 0.1) is 24.9 Å². The highest BCUT2D eigenvalue weighted by Crippen LogP contribution is 2.26. The number of aromatic nitrogens is 2. The summed E-state index contributed by atoms with van der Waals surface area (Å²) in [7, 11) is 0. The molecule has 2 aromatic heterocycles. The quantitative estimate of drug-likeness (QED) is 0.914. The van der Waals surface area contributed by atoms with Crippen LogP contribution in [-0.2, 0) is 11.3 Å². The van der Waals surface area contributed by atoms with Crippen molar-refractivity contribution >= 4 is 11.5 Å². The van der Waals surface area contributed by atoms with Gasteiger partial charge in [-0.1, -0.05) is 19.9 Å². The summed E-state index contributed by atoms with van der Waals surface area (Å²) in [6.45, 7) is 8.64. The predicted octanol–water partition coefficient (Wildman–Crippen LogP) is 2.06. The van der Waals surface area contributed by atoms with Gasteiger partial charge in [-0.05, 0) is 25.1 Å². The van der Waals surface area contributed by atoms with Crippen molar-refractivity contribution in [3.8, 4) is 0 Å². The summed E-state index contributed by atoms with van der Waals surface area (Å²) in [6, 6.07) is 6.59. The van der Waals surface area contributed by atoms with Crippen LogP contribution in [0.5, 0.6) is 0 Å². The molecule has 0 saturated carbocycles. The second-order valence-corrected chi connectivity index (χ2v) is 5.42. The van der Waals surface area contributed by atoms with Crippen LogP contribution in [-0.4, -0.2) is 41.7 Å². The van der Waals surface area contributed by atoms with E-state index >= 15 is 0 Å². The van der Waals surface area contributed by atoms with Crippen LogP contribution < -0.4 is 10.2 Å². The Morgan fingerprint density at radius 3 is 3.10 bits per heavy atom. The van der Waals surface area contributed by atoms with Crippen molar-refractivity contribution in [2.45, 2.75) is 32.9 Å². The number of morpholine rings is 1. The number of anilines is 1. The molecule has 1 N–H and O–H groups in total. The molecule has 1 aliphatic heterocycles. The summed E-state index contributed by atoms with van der Waals surface area (Å²) in [5.41, 5.74) is 2.26. The number of fused-ring (bicyclic) bond motifs is 1. The first-order valence-corrected chi connectivity index (χ1v) is 7.86. The van der Waals surface area contributed by atoms with Gasteiger partial charge in [-0.25, -0.2) is 4.98 Å². The number of rotatable bonds is 5. The third-order valence-electron chi connectivity index (χ3n) is 4.12. The molecule has 1 unspecified atom stereocenters. The summed E-state index contributed by atoms with van der Waals surface area (Å²) in [5, 5.41) is 3.44. The van der Waals surface area contributed by atoms with Crippen LogP contribution in [0.3, 0.4) is 0 Å². The van der Waals surface area contributed by atoms with Gasteiger partial charge in [0.2, 0.25) is 0 Å². The van der Waals surface area contributed by atoms with E-state index < -0.39 is 0 Å². The van der Waals surface area contributed by atoms with Crippen LogP contribution in [0.4, 0.5) is 5.82 Å². The van der Waals surface area contributed by atoms with Crippen LogP contribution in [0.25, 0.3) is 5.65 Å². The molecule has 3 heterocycles. The van der Waals surface area contributed by atoms with E-state index in [1.54, 1.807) is 0 Å². The summed E-state index contributed by atoms with van der Waals surface area (Å²) < 4.78 is 7.82. The molecule has 0 bridgehead atoms. The fraction of sp³-hybridized carbons (Fsp3) is 0.562. The minimum Gasteiger partial charge on any atom is -0.377 e. The molecule has 1 fully saturated rings. The molecule has 0 aromatic carbocycles. The van der Waals surface area contributed by atoms with Crippen molar-refractivity contribution in [3.05, 3.63) is 30.1 Å². The van der Waals surface area contributed by atoms with Gasteiger partial charge in [-0.2, -0.15) is 0 Å². The molecule has 0 aliphatic carbocycles. The Morgan fingerprint density at radius 2 is 2.29 bits per heavy atom. The zero-order valence-corrected chi connectivity index (χ0v) is 12.9. The van der Waals surface area contributed by atoms with Crippen molar-refractivity contribution in [2.75, 3.05) is 31.2 Å². The molecule has 5 heteroatoms. The molecule has 5 nitrogen and oxygen atoms in total. The van der Waals surface area contributed by atoms with Gasteiger partial charge < -0.3 is 19.4 Å². The molecule has 114 valence electrons. The van der Waals surface area contributed by atoms with E-state index in [-0.39, 0.29) is 0 Å². The highest BCUT2D eigenvalue weighted by Gasteiger charge is 2.26. The summed E-state index contributed by atoms with van der Waals surface area (Å²) in [6.07, 6.45) is 3.18. The van der Waals surface area contributed by atoms with Crippen LogP contribution in [0.1, 0.15) is 26.0 Å². The van der Waals surface area contributed by atoms with Crippen molar-refractivity contribution in [3.63, 3.8) is 0 Å². The highest BCUT2D eigenvalue weighted by molar-refractivity contribution is 5.56. The van der Waals surface area contributed by atoms with Gasteiger partial charge in [-0.15, -0.1) is 0 Å². The van der Waals surface area contributed by atoms with E-state index in [1.807, 2.05) is 6.07 Å². The fourth-order valence-electron chi connectivity index (χ4n) is 2.94. The molecule has 2 aromatic rings. The van der Waals surface area contributed by atoms with Crippen molar-refractivity contribution < 1.29 is 4.74 Å². The third-order valence-corrected chi connectivity index (χ3v) is 4.12. The standard InChI is InChI=1S/C16H24N4O/c1-3-13-12-21-10-9-19(13)16-14(11-17-4-2)20-8-6-5-7-15(20)18-16/h5-8,13,17H,3-4,9-12H2,1-2H3. The van der Waals surface area contributed by atoms with E-state index in [2.05, 4.69) is 46.8 Å². The highest BCUT2D eigenvalue weighted by atomic mass is 16.5. The maximum absolute atomic E-state index is 5.63. The lowest BCUT2D eigenvalue weighted by atomic mass is 10.1. The summed E-state index contributed by atoms with van der Waals surface area (Å²) in [5.74, 6) is 1.11. The Bertz CT molecular complexity index is 595. The number of hydrogen-bond donors (Lipinski definition) is 1. The molecule has 0 radical (unpaired) electrons. The van der Waals surface area contributed by atoms with Gasteiger partial charge in [0.1, 0.15) is 5.65 Å². The first-order chi connectivity index (χ1) is 10.3. The maximum atomic E-state index is 5.63. The van der Waals surface area contributed by atoms with Crippen LogP contribution in [0, 0.1) is 0 Å². The Kier molecular flexibility index (Phi) is 4.41. The topological polar surface area (TPSA) is 41.8 Å². The van der Waals surface area contributed by atoms with Gasteiger partial charge in [0.25, 0.3) is 0 Å². The Balaban J connectivity index is 2.02. The number of nitrogens with zero attached hydrogens (tertiary/aromatic N) is 3. The number of pyridine rings is 1. The summed E-state index contributed by atoms with van der Waals surface area (Å²) >= 11 is 0.